The van der Waals surface area contributed by atoms with Gasteiger partial charge in [0.25, 0.3) is 0 Å². The van der Waals surface area contributed by atoms with E-state index in [4.69, 9.17) is 14.1 Å². The Kier molecular flexibility index (Phi) is 5.26. The molecule has 2 aromatic carbocycles. The van der Waals surface area contributed by atoms with Crippen molar-refractivity contribution in [3.63, 3.8) is 0 Å². The second-order valence-electron chi connectivity index (χ2n) is 7.02. The molecular formula is C23H26N2O2. The highest BCUT2D eigenvalue weighted by Gasteiger charge is 2.27. The second kappa shape index (κ2) is 7.97. The molecule has 2 heterocycles. The van der Waals surface area contributed by atoms with Crippen LogP contribution in [0.2, 0.25) is 0 Å². The predicted molar refractivity (Wildman–Crippen MR) is 107 cm³/mol. The molecule has 0 N–H and O–H groups in total. The lowest BCUT2D eigenvalue weighted by Crippen LogP contribution is -2.23. The molecule has 0 amide bonds. The van der Waals surface area contributed by atoms with Crippen molar-refractivity contribution in [2.45, 2.75) is 39.3 Å². The first-order valence-electron chi connectivity index (χ1n) is 9.73. The van der Waals surface area contributed by atoms with Gasteiger partial charge >= 0.3 is 0 Å². The molecule has 1 aromatic heterocycles. The number of aromatic nitrogens is 1. The summed E-state index contributed by atoms with van der Waals surface area (Å²) in [7, 11) is 0. The molecule has 0 spiro atoms. The molecular weight excluding hydrogens is 336 g/mol. The van der Waals surface area contributed by atoms with Gasteiger partial charge in [-0.2, -0.15) is 0 Å². The molecule has 1 aliphatic heterocycles. The maximum Gasteiger partial charge on any atom is 0.226 e. The van der Waals surface area contributed by atoms with Crippen molar-refractivity contribution in [2.24, 2.45) is 0 Å². The number of hydrogen-bond acceptors (Lipinski definition) is 4. The summed E-state index contributed by atoms with van der Waals surface area (Å²) in [4.78, 5) is 7.29. The minimum absolute atomic E-state index is 0.428. The number of oxazole rings is 1. The molecule has 1 saturated heterocycles. The Bertz CT molecular complexity index is 871. The standard InChI is InChI=1S/C23H26N2O2/c1-3-26-20-13-11-18(12-14-20)22-10-7-15-25(22)16-21-17(2)27-23(24-21)19-8-5-4-6-9-19/h4-6,8-9,11-14,22H,3,7,10,15-16H2,1-2H3/t22-/m1/s1. The highest BCUT2D eigenvalue weighted by Crippen LogP contribution is 2.34. The van der Waals surface area contributed by atoms with Gasteiger partial charge in [0.2, 0.25) is 5.89 Å². The molecule has 3 aromatic rings. The lowest BCUT2D eigenvalue weighted by molar-refractivity contribution is 0.244. The summed E-state index contributed by atoms with van der Waals surface area (Å²) >= 11 is 0. The summed E-state index contributed by atoms with van der Waals surface area (Å²) in [5.41, 5.74) is 3.41. The second-order valence-corrected chi connectivity index (χ2v) is 7.02. The monoisotopic (exact) mass is 362 g/mol. The first kappa shape index (κ1) is 17.8. The number of hydrogen-bond donors (Lipinski definition) is 0. The Morgan fingerprint density at radius 3 is 2.63 bits per heavy atom. The maximum atomic E-state index is 5.94. The quantitative estimate of drug-likeness (QED) is 0.590. The predicted octanol–water partition coefficient (Wildman–Crippen LogP) is 5.39. The van der Waals surface area contributed by atoms with Crippen molar-refractivity contribution in [1.82, 2.24) is 9.88 Å². The average molecular weight is 362 g/mol. The van der Waals surface area contributed by atoms with Crippen LogP contribution in [0.15, 0.2) is 59.0 Å². The SMILES string of the molecule is CCOc1ccc([C@H]2CCCN2Cc2nc(-c3ccccc3)oc2C)cc1. The summed E-state index contributed by atoms with van der Waals surface area (Å²) in [5.74, 6) is 2.55. The van der Waals surface area contributed by atoms with Crippen LogP contribution in [0.3, 0.4) is 0 Å². The summed E-state index contributed by atoms with van der Waals surface area (Å²) in [6, 6.07) is 19.1. The Morgan fingerprint density at radius 1 is 1.11 bits per heavy atom. The fraction of sp³-hybridized carbons (Fsp3) is 0.348. The van der Waals surface area contributed by atoms with Gasteiger partial charge in [-0.05, 0) is 63.1 Å². The zero-order valence-corrected chi connectivity index (χ0v) is 16.0. The van der Waals surface area contributed by atoms with Crippen molar-refractivity contribution >= 4 is 0 Å². The van der Waals surface area contributed by atoms with Crippen molar-refractivity contribution in [3.8, 4) is 17.2 Å². The van der Waals surface area contributed by atoms with E-state index in [1.165, 1.54) is 18.4 Å². The zero-order chi connectivity index (χ0) is 18.6. The van der Waals surface area contributed by atoms with Gasteiger partial charge in [-0.3, -0.25) is 4.90 Å². The van der Waals surface area contributed by atoms with E-state index in [1.54, 1.807) is 0 Å². The van der Waals surface area contributed by atoms with Gasteiger partial charge in [0.05, 0.1) is 12.3 Å². The molecule has 1 aliphatic rings. The molecule has 4 heteroatoms. The fourth-order valence-electron chi connectivity index (χ4n) is 3.82. The molecule has 1 atom stereocenters. The molecule has 140 valence electrons. The zero-order valence-electron chi connectivity index (χ0n) is 16.0. The van der Waals surface area contributed by atoms with Crippen molar-refractivity contribution in [2.75, 3.05) is 13.2 Å². The third-order valence-corrected chi connectivity index (χ3v) is 5.21. The van der Waals surface area contributed by atoms with Crippen LogP contribution in [-0.2, 0) is 6.54 Å². The number of aryl methyl sites for hydroxylation is 1. The molecule has 1 fully saturated rings. The molecule has 0 saturated carbocycles. The van der Waals surface area contributed by atoms with Crippen LogP contribution in [0.4, 0.5) is 0 Å². The fourth-order valence-corrected chi connectivity index (χ4v) is 3.82. The Labute approximate surface area is 160 Å². The molecule has 0 aliphatic carbocycles. The van der Waals surface area contributed by atoms with Crippen LogP contribution in [0.25, 0.3) is 11.5 Å². The molecule has 0 bridgehead atoms. The van der Waals surface area contributed by atoms with E-state index in [9.17, 15) is 0 Å². The van der Waals surface area contributed by atoms with E-state index in [-0.39, 0.29) is 0 Å². The van der Waals surface area contributed by atoms with Gasteiger partial charge in [0.1, 0.15) is 11.5 Å². The van der Waals surface area contributed by atoms with Gasteiger partial charge < -0.3 is 9.15 Å². The largest absolute Gasteiger partial charge is 0.494 e. The van der Waals surface area contributed by atoms with Crippen LogP contribution in [0.1, 0.15) is 42.8 Å². The van der Waals surface area contributed by atoms with Crippen LogP contribution in [0, 0.1) is 6.92 Å². The third kappa shape index (κ3) is 3.91. The smallest absolute Gasteiger partial charge is 0.226 e. The number of rotatable bonds is 6. The summed E-state index contributed by atoms with van der Waals surface area (Å²) < 4.78 is 11.5. The Morgan fingerprint density at radius 2 is 1.89 bits per heavy atom. The highest BCUT2D eigenvalue weighted by molar-refractivity contribution is 5.53. The van der Waals surface area contributed by atoms with Gasteiger partial charge in [-0.15, -0.1) is 0 Å². The van der Waals surface area contributed by atoms with Crippen LogP contribution < -0.4 is 4.74 Å². The molecule has 0 unspecified atom stereocenters. The van der Waals surface area contributed by atoms with Gasteiger partial charge in [0, 0.05) is 18.2 Å². The number of ether oxygens (including phenoxy) is 1. The molecule has 4 nitrogen and oxygen atoms in total. The third-order valence-electron chi connectivity index (χ3n) is 5.21. The minimum Gasteiger partial charge on any atom is -0.494 e. The number of likely N-dealkylation sites (tertiary alicyclic amines) is 1. The van der Waals surface area contributed by atoms with Gasteiger partial charge in [-0.1, -0.05) is 30.3 Å². The topological polar surface area (TPSA) is 38.5 Å². The average Bonchev–Trinajstić information content (AvgIpc) is 3.31. The first-order chi connectivity index (χ1) is 13.2. The lowest BCUT2D eigenvalue weighted by atomic mass is 10.0. The van der Waals surface area contributed by atoms with Gasteiger partial charge in [0.15, 0.2) is 0 Å². The molecule has 0 radical (unpaired) electrons. The normalized spacial score (nSPS) is 17.3. The number of nitrogens with zero attached hydrogens (tertiary/aromatic N) is 2. The van der Waals surface area contributed by atoms with Crippen LogP contribution in [0.5, 0.6) is 5.75 Å². The van der Waals surface area contributed by atoms with E-state index in [0.29, 0.717) is 18.5 Å². The highest BCUT2D eigenvalue weighted by atomic mass is 16.5. The lowest BCUT2D eigenvalue weighted by Gasteiger charge is -2.24. The van der Waals surface area contributed by atoms with E-state index in [0.717, 1.165) is 35.9 Å². The summed E-state index contributed by atoms with van der Waals surface area (Å²) in [5, 5.41) is 0. The first-order valence-corrected chi connectivity index (χ1v) is 9.73. The maximum absolute atomic E-state index is 5.94. The summed E-state index contributed by atoms with van der Waals surface area (Å²) in [6.45, 7) is 6.63. The van der Waals surface area contributed by atoms with E-state index in [1.807, 2.05) is 44.2 Å². The number of benzene rings is 2. The van der Waals surface area contributed by atoms with E-state index >= 15 is 0 Å². The van der Waals surface area contributed by atoms with Crippen molar-refractivity contribution in [1.29, 1.82) is 0 Å². The minimum atomic E-state index is 0.428. The van der Waals surface area contributed by atoms with Crippen molar-refractivity contribution in [3.05, 3.63) is 71.6 Å². The molecule has 4 rings (SSSR count). The van der Waals surface area contributed by atoms with Crippen molar-refractivity contribution < 1.29 is 9.15 Å². The van der Waals surface area contributed by atoms with E-state index < -0.39 is 0 Å². The van der Waals surface area contributed by atoms with Crippen LogP contribution >= 0.6 is 0 Å². The Hall–Kier alpha value is -2.59. The van der Waals surface area contributed by atoms with Gasteiger partial charge in [-0.25, -0.2) is 4.98 Å². The van der Waals surface area contributed by atoms with Crippen LogP contribution in [-0.4, -0.2) is 23.0 Å². The summed E-state index contributed by atoms with van der Waals surface area (Å²) in [6.07, 6.45) is 2.39. The van der Waals surface area contributed by atoms with E-state index in [2.05, 4.69) is 29.2 Å². The Balaban J connectivity index is 1.51. The molecule has 27 heavy (non-hydrogen) atoms.